The monoisotopic (exact) mass is 308 g/mol. The predicted octanol–water partition coefficient (Wildman–Crippen LogP) is 2.60. The number of rotatable bonds is 5. The van der Waals surface area contributed by atoms with Crippen LogP contribution in [0.25, 0.3) is 0 Å². The van der Waals surface area contributed by atoms with Crippen LogP contribution in [0.15, 0.2) is 43.0 Å². The Labute approximate surface area is 131 Å². The molecule has 5 heteroatoms. The molecule has 5 nitrogen and oxygen atoms in total. The van der Waals surface area contributed by atoms with Crippen LogP contribution >= 0.6 is 0 Å². The number of benzene rings is 1. The standard InChI is InChI=1S/C10H8O3.C7H16O2/c1-2-9(11)13-10(12)8-6-4-3-5-7-8;1-7(2,3)6-9-5-4-8/h2-7H,1H2;8H,4-6H2,1-3H3. The van der Waals surface area contributed by atoms with Crippen LogP contribution in [0.3, 0.4) is 0 Å². The van der Waals surface area contributed by atoms with Crippen molar-refractivity contribution in [1.82, 2.24) is 0 Å². The van der Waals surface area contributed by atoms with Crippen LogP contribution in [0.2, 0.25) is 0 Å². The average molecular weight is 308 g/mol. The number of aliphatic hydroxyl groups excluding tert-OH is 1. The van der Waals surface area contributed by atoms with Gasteiger partial charge in [0.05, 0.1) is 25.4 Å². The van der Waals surface area contributed by atoms with Gasteiger partial charge in [-0.25, -0.2) is 9.59 Å². The Morgan fingerprint density at radius 2 is 1.82 bits per heavy atom. The molecule has 0 aliphatic rings. The molecule has 0 unspecified atom stereocenters. The number of esters is 2. The van der Waals surface area contributed by atoms with E-state index < -0.39 is 11.9 Å². The van der Waals surface area contributed by atoms with Crippen molar-refractivity contribution in [3.8, 4) is 0 Å². The Bertz CT molecular complexity index is 460. The minimum Gasteiger partial charge on any atom is -0.394 e. The number of ether oxygens (including phenoxy) is 2. The molecule has 0 fully saturated rings. The molecular formula is C17H24O5. The van der Waals surface area contributed by atoms with Crippen molar-refractivity contribution in [2.75, 3.05) is 19.8 Å². The zero-order chi connectivity index (χ0) is 17.0. The van der Waals surface area contributed by atoms with E-state index in [2.05, 4.69) is 32.1 Å². The van der Waals surface area contributed by atoms with Gasteiger partial charge in [-0.3, -0.25) is 0 Å². The summed E-state index contributed by atoms with van der Waals surface area (Å²) in [5, 5.41) is 8.34. The lowest BCUT2D eigenvalue weighted by Gasteiger charge is -2.17. The molecule has 0 aromatic heterocycles. The zero-order valence-corrected chi connectivity index (χ0v) is 13.4. The van der Waals surface area contributed by atoms with Gasteiger partial charge < -0.3 is 14.6 Å². The largest absolute Gasteiger partial charge is 0.394 e. The molecule has 122 valence electrons. The number of hydrogen-bond donors (Lipinski definition) is 1. The van der Waals surface area contributed by atoms with Crippen LogP contribution in [0, 0.1) is 5.41 Å². The Balaban J connectivity index is 0.000000433. The lowest BCUT2D eigenvalue weighted by molar-refractivity contribution is -0.132. The second kappa shape index (κ2) is 10.7. The summed E-state index contributed by atoms with van der Waals surface area (Å²) in [5.74, 6) is -1.40. The van der Waals surface area contributed by atoms with Crippen LogP contribution in [0.5, 0.6) is 0 Å². The third kappa shape index (κ3) is 10.8. The number of carbonyl (C=O) groups excluding carboxylic acids is 2. The van der Waals surface area contributed by atoms with Crippen molar-refractivity contribution in [3.63, 3.8) is 0 Å². The number of carbonyl (C=O) groups is 2. The Morgan fingerprint density at radius 3 is 2.27 bits per heavy atom. The molecule has 0 aliphatic carbocycles. The van der Waals surface area contributed by atoms with Gasteiger partial charge in [-0.05, 0) is 17.5 Å². The summed E-state index contributed by atoms with van der Waals surface area (Å²) in [5.41, 5.74) is 0.563. The maximum atomic E-state index is 11.1. The van der Waals surface area contributed by atoms with E-state index >= 15 is 0 Å². The summed E-state index contributed by atoms with van der Waals surface area (Å²) in [6, 6.07) is 8.29. The maximum absolute atomic E-state index is 11.1. The maximum Gasteiger partial charge on any atom is 0.346 e. The molecule has 0 aliphatic heterocycles. The lowest BCUT2D eigenvalue weighted by atomic mass is 9.99. The third-order valence-electron chi connectivity index (χ3n) is 2.14. The minimum atomic E-state index is -0.742. The SMILES string of the molecule is C=CC(=O)OC(=O)c1ccccc1.CC(C)(C)COCCO. The number of hydrogen-bond acceptors (Lipinski definition) is 5. The van der Waals surface area contributed by atoms with E-state index in [-0.39, 0.29) is 12.0 Å². The molecule has 0 bridgehead atoms. The van der Waals surface area contributed by atoms with E-state index in [4.69, 9.17) is 9.84 Å². The molecule has 0 saturated heterocycles. The molecule has 1 N–H and O–H groups in total. The van der Waals surface area contributed by atoms with E-state index in [1.807, 2.05) is 0 Å². The summed E-state index contributed by atoms with van der Waals surface area (Å²) in [7, 11) is 0. The van der Waals surface area contributed by atoms with Crippen molar-refractivity contribution in [1.29, 1.82) is 0 Å². The smallest absolute Gasteiger partial charge is 0.346 e. The van der Waals surface area contributed by atoms with Crippen molar-refractivity contribution in [3.05, 3.63) is 48.6 Å². The van der Waals surface area contributed by atoms with Crippen molar-refractivity contribution in [2.24, 2.45) is 5.41 Å². The highest BCUT2D eigenvalue weighted by Gasteiger charge is 2.09. The summed E-state index contributed by atoms with van der Waals surface area (Å²) in [6.07, 6.45) is 0.945. The second-order valence-electron chi connectivity index (χ2n) is 5.62. The molecule has 0 atom stereocenters. The van der Waals surface area contributed by atoms with Crippen molar-refractivity contribution >= 4 is 11.9 Å². The van der Waals surface area contributed by atoms with E-state index in [0.29, 0.717) is 18.8 Å². The summed E-state index contributed by atoms with van der Waals surface area (Å²) in [4.78, 5) is 21.8. The highest BCUT2D eigenvalue weighted by Crippen LogP contribution is 2.12. The summed E-state index contributed by atoms with van der Waals surface area (Å²) >= 11 is 0. The molecule has 0 saturated carbocycles. The first-order valence-corrected chi connectivity index (χ1v) is 6.92. The Kier molecular flexibility index (Phi) is 9.74. The quantitative estimate of drug-likeness (QED) is 0.392. The first-order chi connectivity index (χ1) is 10.3. The van der Waals surface area contributed by atoms with Gasteiger partial charge in [0, 0.05) is 6.08 Å². The highest BCUT2D eigenvalue weighted by molar-refractivity contribution is 5.99. The van der Waals surface area contributed by atoms with Crippen LogP contribution in [-0.4, -0.2) is 36.9 Å². The molecule has 1 aromatic rings. The molecular weight excluding hydrogens is 284 g/mol. The molecule has 0 heterocycles. The fraction of sp³-hybridized carbons (Fsp3) is 0.412. The van der Waals surface area contributed by atoms with Gasteiger partial charge in [0.1, 0.15) is 0 Å². The molecule has 0 radical (unpaired) electrons. The lowest BCUT2D eigenvalue weighted by Crippen LogP contribution is -2.15. The predicted molar refractivity (Wildman–Crippen MR) is 84.4 cm³/mol. The van der Waals surface area contributed by atoms with Crippen LogP contribution < -0.4 is 0 Å². The average Bonchev–Trinajstić information content (AvgIpc) is 2.47. The van der Waals surface area contributed by atoms with E-state index in [0.717, 1.165) is 6.08 Å². The van der Waals surface area contributed by atoms with Gasteiger partial charge in [0.25, 0.3) is 0 Å². The highest BCUT2D eigenvalue weighted by atomic mass is 16.6. The third-order valence-corrected chi connectivity index (χ3v) is 2.14. The van der Waals surface area contributed by atoms with Crippen LogP contribution in [0.4, 0.5) is 0 Å². The van der Waals surface area contributed by atoms with Gasteiger partial charge in [0.15, 0.2) is 0 Å². The molecule has 1 aromatic carbocycles. The first kappa shape index (κ1) is 20.0. The van der Waals surface area contributed by atoms with E-state index in [1.54, 1.807) is 30.3 Å². The summed E-state index contributed by atoms with van der Waals surface area (Å²) in [6.45, 7) is 10.8. The van der Waals surface area contributed by atoms with Gasteiger partial charge >= 0.3 is 11.9 Å². The van der Waals surface area contributed by atoms with Gasteiger partial charge in [-0.15, -0.1) is 0 Å². The fourth-order valence-corrected chi connectivity index (χ4v) is 1.21. The molecule has 22 heavy (non-hydrogen) atoms. The van der Waals surface area contributed by atoms with Crippen LogP contribution in [-0.2, 0) is 14.3 Å². The van der Waals surface area contributed by atoms with Crippen molar-refractivity contribution in [2.45, 2.75) is 20.8 Å². The molecule has 1 rings (SSSR count). The van der Waals surface area contributed by atoms with E-state index in [1.165, 1.54) is 0 Å². The molecule has 0 amide bonds. The topological polar surface area (TPSA) is 72.8 Å². The van der Waals surface area contributed by atoms with Gasteiger partial charge in [-0.2, -0.15) is 0 Å². The fourth-order valence-electron chi connectivity index (χ4n) is 1.21. The second-order valence-corrected chi connectivity index (χ2v) is 5.62. The minimum absolute atomic E-state index is 0.121. The Hall–Kier alpha value is -1.98. The normalized spacial score (nSPS) is 10.2. The Morgan fingerprint density at radius 1 is 1.23 bits per heavy atom. The summed E-state index contributed by atoms with van der Waals surface area (Å²) < 4.78 is 9.49. The van der Waals surface area contributed by atoms with Crippen LogP contribution in [0.1, 0.15) is 31.1 Å². The van der Waals surface area contributed by atoms with Crippen molar-refractivity contribution < 1.29 is 24.2 Å². The van der Waals surface area contributed by atoms with Gasteiger partial charge in [0.2, 0.25) is 0 Å². The van der Waals surface area contributed by atoms with Gasteiger partial charge in [-0.1, -0.05) is 45.5 Å². The van der Waals surface area contributed by atoms with E-state index in [9.17, 15) is 9.59 Å². The zero-order valence-electron chi connectivity index (χ0n) is 13.4. The first-order valence-electron chi connectivity index (χ1n) is 6.92. The number of aliphatic hydroxyl groups is 1. The molecule has 0 spiro atoms.